The Morgan fingerprint density at radius 2 is 1.88 bits per heavy atom. The van der Waals surface area contributed by atoms with E-state index in [9.17, 15) is 13.2 Å². The lowest BCUT2D eigenvalue weighted by Crippen LogP contribution is -2.58. The van der Waals surface area contributed by atoms with E-state index in [0.717, 1.165) is 5.56 Å². The molecule has 1 aromatic rings. The van der Waals surface area contributed by atoms with Gasteiger partial charge < -0.3 is 9.64 Å². The number of rotatable bonds is 6. The van der Waals surface area contributed by atoms with Crippen LogP contribution < -0.4 is 5.48 Å². The number of nitrogens with one attached hydrogen (secondary N) is 1. The highest BCUT2D eigenvalue weighted by molar-refractivity contribution is 7.93. The number of nitrogens with zero attached hydrogens (tertiary/aromatic N) is 1. The van der Waals surface area contributed by atoms with Crippen molar-refractivity contribution < 1.29 is 23.2 Å². The number of aryl methyl sites for hydroxylation is 1. The van der Waals surface area contributed by atoms with Crippen molar-refractivity contribution >= 4 is 15.7 Å². The highest BCUT2D eigenvalue weighted by Crippen LogP contribution is 2.36. The summed E-state index contributed by atoms with van der Waals surface area (Å²) in [7, 11) is -2.32. The van der Waals surface area contributed by atoms with Crippen LogP contribution >= 0.6 is 0 Å². The van der Waals surface area contributed by atoms with Gasteiger partial charge in [0.2, 0.25) is 0 Å². The molecule has 0 aromatic heterocycles. The van der Waals surface area contributed by atoms with Crippen molar-refractivity contribution in [2.45, 2.75) is 29.4 Å². The Hall–Kier alpha value is -1.48. The molecule has 1 amide bonds. The van der Waals surface area contributed by atoms with Crippen molar-refractivity contribution in [2.75, 3.05) is 33.4 Å². The molecular weight excluding hydrogens is 332 g/mol. The van der Waals surface area contributed by atoms with E-state index in [0.29, 0.717) is 26.2 Å². The fourth-order valence-electron chi connectivity index (χ4n) is 3.02. The van der Waals surface area contributed by atoms with E-state index in [-0.39, 0.29) is 17.7 Å². The number of methoxy groups -OCH3 is 1. The van der Waals surface area contributed by atoms with Crippen LogP contribution in [0.4, 0.5) is 0 Å². The quantitative estimate of drug-likeness (QED) is 0.577. The molecule has 0 bridgehead atoms. The lowest BCUT2D eigenvalue weighted by atomic mass is 9.95. The predicted molar refractivity (Wildman–Crippen MR) is 88.6 cm³/mol. The van der Waals surface area contributed by atoms with E-state index in [1.54, 1.807) is 24.7 Å². The van der Waals surface area contributed by atoms with Crippen LogP contribution in [0, 0.1) is 6.92 Å². The molecule has 134 valence electrons. The average Bonchev–Trinajstić information content (AvgIpc) is 2.60. The Labute approximate surface area is 142 Å². The van der Waals surface area contributed by atoms with E-state index in [4.69, 9.17) is 9.94 Å². The number of sulfone groups is 1. The van der Waals surface area contributed by atoms with Gasteiger partial charge in [-0.15, -0.1) is 0 Å². The Morgan fingerprint density at radius 3 is 2.38 bits per heavy atom. The second-order valence-corrected chi connectivity index (χ2v) is 8.35. The lowest BCUT2D eigenvalue weighted by molar-refractivity contribution is -0.133. The van der Waals surface area contributed by atoms with Gasteiger partial charge in [-0.3, -0.25) is 10.0 Å². The van der Waals surface area contributed by atoms with Crippen molar-refractivity contribution in [3.63, 3.8) is 0 Å². The minimum atomic E-state index is -3.93. The number of piperidine rings is 1. The molecule has 24 heavy (non-hydrogen) atoms. The van der Waals surface area contributed by atoms with Crippen LogP contribution in [0.2, 0.25) is 0 Å². The first kappa shape index (κ1) is 18.9. The van der Waals surface area contributed by atoms with Crippen molar-refractivity contribution in [3.05, 3.63) is 29.8 Å². The Bertz CT molecular complexity index is 664. The molecule has 2 rings (SSSR count). The molecule has 1 fully saturated rings. The maximum absolute atomic E-state index is 13.1. The van der Waals surface area contributed by atoms with Gasteiger partial charge in [-0.1, -0.05) is 17.7 Å². The third kappa shape index (κ3) is 3.46. The molecule has 0 radical (unpaired) electrons. The second kappa shape index (κ2) is 7.60. The number of hydrogen-bond donors (Lipinski definition) is 2. The predicted octanol–water partition coefficient (Wildman–Crippen LogP) is 0.755. The molecule has 0 unspecified atom stereocenters. The van der Waals surface area contributed by atoms with Crippen molar-refractivity contribution in [1.82, 2.24) is 10.4 Å². The molecule has 0 spiro atoms. The molecule has 1 aromatic carbocycles. The first-order valence-corrected chi connectivity index (χ1v) is 9.33. The van der Waals surface area contributed by atoms with Crippen LogP contribution in [0.25, 0.3) is 0 Å². The standard InChI is InChI=1S/C16H24N2O5S/c1-13-3-5-14(6-4-13)24(21,22)16(15(19)17-20)7-9-18(10-8-16)11-12-23-2/h3-6,20H,7-12H2,1-2H3,(H,17,19). The summed E-state index contributed by atoms with van der Waals surface area (Å²) in [5.41, 5.74) is 2.49. The van der Waals surface area contributed by atoms with Crippen molar-refractivity contribution in [3.8, 4) is 0 Å². The van der Waals surface area contributed by atoms with Gasteiger partial charge in [0.1, 0.15) is 0 Å². The Balaban J connectivity index is 2.32. The van der Waals surface area contributed by atoms with Gasteiger partial charge in [0, 0.05) is 26.7 Å². The van der Waals surface area contributed by atoms with E-state index in [2.05, 4.69) is 4.90 Å². The van der Waals surface area contributed by atoms with Crippen LogP contribution in [-0.4, -0.2) is 62.5 Å². The van der Waals surface area contributed by atoms with Gasteiger partial charge >= 0.3 is 0 Å². The van der Waals surface area contributed by atoms with Crippen molar-refractivity contribution in [2.24, 2.45) is 0 Å². The monoisotopic (exact) mass is 356 g/mol. The van der Waals surface area contributed by atoms with Crippen LogP contribution in [0.3, 0.4) is 0 Å². The zero-order valence-corrected chi connectivity index (χ0v) is 14.8. The van der Waals surface area contributed by atoms with Gasteiger partial charge in [0.05, 0.1) is 11.5 Å². The summed E-state index contributed by atoms with van der Waals surface area (Å²) in [6.45, 7) is 3.98. The average molecular weight is 356 g/mol. The molecule has 2 N–H and O–H groups in total. The minimum absolute atomic E-state index is 0.0991. The second-order valence-electron chi connectivity index (χ2n) is 6.09. The summed E-state index contributed by atoms with van der Waals surface area (Å²) < 4.78 is 29.6. The summed E-state index contributed by atoms with van der Waals surface area (Å²) in [4.78, 5) is 14.5. The first-order valence-electron chi connectivity index (χ1n) is 7.84. The lowest BCUT2D eigenvalue weighted by Gasteiger charge is -2.39. The van der Waals surface area contributed by atoms with Gasteiger partial charge in [-0.25, -0.2) is 13.9 Å². The summed E-state index contributed by atoms with van der Waals surface area (Å²) >= 11 is 0. The minimum Gasteiger partial charge on any atom is -0.383 e. The molecule has 1 aliphatic rings. The highest BCUT2D eigenvalue weighted by atomic mass is 32.2. The molecule has 7 nitrogen and oxygen atoms in total. The van der Waals surface area contributed by atoms with Gasteiger partial charge in [-0.2, -0.15) is 0 Å². The molecule has 1 saturated heterocycles. The fourth-order valence-corrected chi connectivity index (χ4v) is 4.98. The largest absolute Gasteiger partial charge is 0.383 e. The van der Waals surface area contributed by atoms with E-state index >= 15 is 0 Å². The maximum atomic E-state index is 13.1. The third-order valence-electron chi connectivity index (χ3n) is 4.64. The van der Waals surface area contributed by atoms with E-state index in [1.165, 1.54) is 12.1 Å². The number of benzene rings is 1. The van der Waals surface area contributed by atoms with Gasteiger partial charge in [-0.05, 0) is 31.9 Å². The summed E-state index contributed by atoms with van der Waals surface area (Å²) in [6.07, 6.45) is 0.249. The van der Waals surface area contributed by atoms with Crippen LogP contribution in [0.15, 0.2) is 29.2 Å². The summed E-state index contributed by atoms with van der Waals surface area (Å²) in [5, 5.41) is 9.12. The molecule has 1 heterocycles. The summed E-state index contributed by atoms with van der Waals surface area (Å²) in [6, 6.07) is 6.42. The first-order chi connectivity index (χ1) is 11.4. The molecule has 0 aliphatic carbocycles. The molecule has 1 aliphatic heterocycles. The number of carbonyl (C=O) groups excluding carboxylic acids is 1. The SMILES string of the molecule is COCCN1CCC(C(=O)NO)(S(=O)(=O)c2ccc(C)cc2)CC1. The summed E-state index contributed by atoms with van der Waals surface area (Å²) in [5.74, 6) is -0.866. The normalized spacial score (nSPS) is 18.3. The topological polar surface area (TPSA) is 95.9 Å². The number of ether oxygens (including phenoxy) is 1. The zero-order chi connectivity index (χ0) is 17.8. The van der Waals surface area contributed by atoms with Gasteiger partial charge in [0.25, 0.3) is 5.91 Å². The van der Waals surface area contributed by atoms with Crippen LogP contribution in [-0.2, 0) is 19.4 Å². The molecule has 0 saturated carbocycles. The number of hydrogen-bond acceptors (Lipinski definition) is 6. The fraction of sp³-hybridized carbons (Fsp3) is 0.562. The van der Waals surface area contributed by atoms with Crippen LogP contribution in [0.1, 0.15) is 18.4 Å². The number of hydroxylamine groups is 1. The zero-order valence-electron chi connectivity index (χ0n) is 14.0. The van der Waals surface area contributed by atoms with E-state index < -0.39 is 20.5 Å². The highest BCUT2D eigenvalue weighted by Gasteiger charge is 2.52. The number of amides is 1. The maximum Gasteiger partial charge on any atom is 0.265 e. The van der Waals surface area contributed by atoms with Crippen molar-refractivity contribution in [1.29, 1.82) is 0 Å². The molecular formula is C16H24N2O5S. The smallest absolute Gasteiger partial charge is 0.265 e. The Kier molecular flexibility index (Phi) is 5.97. The van der Waals surface area contributed by atoms with Gasteiger partial charge in [0.15, 0.2) is 14.6 Å². The number of carbonyl (C=O) groups is 1. The molecule has 0 atom stereocenters. The molecule has 8 heteroatoms. The number of likely N-dealkylation sites (tertiary alicyclic amines) is 1. The third-order valence-corrected chi connectivity index (χ3v) is 7.15. The van der Waals surface area contributed by atoms with E-state index in [1.807, 2.05) is 6.92 Å². The van der Waals surface area contributed by atoms with Crippen LogP contribution in [0.5, 0.6) is 0 Å². The Morgan fingerprint density at radius 1 is 1.29 bits per heavy atom.